The maximum absolute atomic E-state index is 10.9. The van der Waals surface area contributed by atoms with E-state index in [9.17, 15) is 4.57 Å². The summed E-state index contributed by atoms with van der Waals surface area (Å²) in [6.07, 6.45) is 1.79. The van der Waals surface area contributed by atoms with Gasteiger partial charge in [0.15, 0.2) is 0 Å². The molecule has 1 atom stereocenters. The van der Waals surface area contributed by atoms with Gasteiger partial charge in [0.25, 0.3) is 0 Å². The molecule has 0 saturated heterocycles. The van der Waals surface area contributed by atoms with Crippen LogP contribution in [0.5, 0.6) is 0 Å². The quantitative estimate of drug-likeness (QED) is 0.436. The second-order valence-corrected chi connectivity index (χ2v) is 4.47. The van der Waals surface area contributed by atoms with Crippen LogP contribution in [-0.4, -0.2) is 12.8 Å². The first-order valence-corrected chi connectivity index (χ1v) is 4.74. The van der Waals surface area contributed by atoms with Crippen LogP contribution in [0.3, 0.4) is 0 Å². The molecule has 0 aromatic carbocycles. The van der Waals surface area contributed by atoms with Gasteiger partial charge in [-0.2, -0.15) is 0 Å². The Balaban J connectivity index is 3.72. The minimum atomic E-state index is -2.29. The van der Waals surface area contributed by atoms with Crippen LogP contribution in [0.15, 0.2) is 12.8 Å². The predicted octanol–water partition coefficient (Wildman–Crippen LogP) is 2.07. The van der Waals surface area contributed by atoms with Gasteiger partial charge in [-0.3, -0.25) is 4.57 Å². The standard InChI is InChI=1S/C5H11O2P/c1-4-7-8(3,6)5-2/h4H,1,5H2,2-3H3. The number of hydrogen-bond donors (Lipinski definition) is 0. The summed E-state index contributed by atoms with van der Waals surface area (Å²) >= 11 is 0. The third-order valence-corrected chi connectivity index (χ3v) is 2.62. The van der Waals surface area contributed by atoms with Crippen LogP contribution in [-0.2, 0) is 9.09 Å². The minimum absolute atomic E-state index is 0.568. The third kappa shape index (κ3) is 2.86. The van der Waals surface area contributed by atoms with Crippen LogP contribution >= 0.6 is 7.37 Å². The van der Waals surface area contributed by atoms with Crippen molar-refractivity contribution in [2.45, 2.75) is 6.92 Å². The molecular formula is C5H11O2P. The van der Waals surface area contributed by atoms with Crippen molar-refractivity contribution in [1.29, 1.82) is 0 Å². The molecule has 0 rings (SSSR count). The summed E-state index contributed by atoms with van der Waals surface area (Å²) in [5.74, 6) is 0. The molecule has 0 saturated carbocycles. The van der Waals surface area contributed by atoms with Gasteiger partial charge < -0.3 is 4.52 Å². The molecule has 3 heteroatoms. The second-order valence-electron chi connectivity index (χ2n) is 1.60. The molecule has 0 amide bonds. The summed E-state index contributed by atoms with van der Waals surface area (Å²) in [5.41, 5.74) is 0. The zero-order chi connectivity index (χ0) is 6.62. The molecule has 2 nitrogen and oxygen atoms in total. The second kappa shape index (κ2) is 2.93. The van der Waals surface area contributed by atoms with Crippen molar-refractivity contribution in [2.75, 3.05) is 12.8 Å². The van der Waals surface area contributed by atoms with Gasteiger partial charge >= 0.3 is 0 Å². The Bertz CT molecular complexity index is 120. The van der Waals surface area contributed by atoms with Crippen LogP contribution in [0.25, 0.3) is 0 Å². The first kappa shape index (κ1) is 7.77. The van der Waals surface area contributed by atoms with Crippen molar-refractivity contribution in [2.24, 2.45) is 0 Å². The molecule has 48 valence electrons. The van der Waals surface area contributed by atoms with E-state index in [0.29, 0.717) is 6.16 Å². The maximum atomic E-state index is 10.9. The van der Waals surface area contributed by atoms with Crippen molar-refractivity contribution < 1.29 is 9.09 Å². The van der Waals surface area contributed by atoms with E-state index in [-0.39, 0.29) is 0 Å². The molecule has 0 fully saturated rings. The summed E-state index contributed by atoms with van der Waals surface area (Å²) in [5, 5.41) is 0. The molecule has 0 bridgehead atoms. The van der Waals surface area contributed by atoms with Crippen LogP contribution in [0.1, 0.15) is 6.92 Å². The van der Waals surface area contributed by atoms with Gasteiger partial charge in [0.2, 0.25) is 7.37 Å². The zero-order valence-corrected chi connectivity index (χ0v) is 6.15. The van der Waals surface area contributed by atoms with Crippen LogP contribution < -0.4 is 0 Å². The number of hydrogen-bond acceptors (Lipinski definition) is 2. The Kier molecular flexibility index (Phi) is 2.85. The van der Waals surface area contributed by atoms with Gasteiger partial charge in [0.05, 0.1) is 6.26 Å². The van der Waals surface area contributed by atoms with Gasteiger partial charge in [-0.15, -0.1) is 0 Å². The first-order chi connectivity index (χ1) is 3.62. The van der Waals surface area contributed by atoms with Gasteiger partial charge in [0, 0.05) is 12.8 Å². The molecule has 0 radical (unpaired) electrons. The predicted molar refractivity (Wildman–Crippen MR) is 35.4 cm³/mol. The number of rotatable bonds is 3. The molecule has 0 aromatic heterocycles. The van der Waals surface area contributed by atoms with Gasteiger partial charge in [0.1, 0.15) is 0 Å². The van der Waals surface area contributed by atoms with Gasteiger partial charge in [-0.05, 0) is 0 Å². The van der Waals surface area contributed by atoms with Crippen molar-refractivity contribution in [1.82, 2.24) is 0 Å². The third-order valence-electron chi connectivity index (χ3n) is 0.872. The van der Waals surface area contributed by atoms with Crippen LogP contribution in [0.4, 0.5) is 0 Å². The Morgan fingerprint density at radius 2 is 2.38 bits per heavy atom. The molecule has 8 heavy (non-hydrogen) atoms. The lowest BCUT2D eigenvalue weighted by molar-refractivity contribution is 0.448. The van der Waals surface area contributed by atoms with E-state index in [1.165, 1.54) is 6.26 Å². The van der Waals surface area contributed by atoms with E-state index >= 15 is 0 Å². The summed E-state index contributed by atoms with van der Waals surface area (Å²) in [6, 6.07) is 0. The highest BCUT2D eigenvalue weighted by Crippen LogP contribution is 2.41. The highest BCUT2D eigenvalue weighted by molar-refractivity contribution is 7.58. The van der Waals surface area contributed by atoms with Crippen molar-refractivity contribution in [3.63, 3.8) is 0 Å². The molecule has 1 unspecified atom stereocenters. The highest BCUT2D eigenvalue weighted by Gasteiger charge is 2.08. The van der Waals surface area contributed by atoms with Crippen LogP contribution in [0, 0.1) is 0 Å². The van der Waals surface area contributed by atoms with Crippen LogP contribution in [0.2, 0.25) is 0 Å². The topological polar surface area (TPSA) is 26.3 Å². The Morgan fingerprint density at radius 3 is 2.50 bits per heavy atom. The fourth-order valence-electron chi connectivity index (χ4n) is 0.232. The van der Waals surface area contributed by atoms with E-state index in [1.807, 2.05) is 6.92 Å². The molecule has 0 aliphatic heterocycles. The SMILES string of the molecule is C=COP(C)(=O)CC. The molecule has 0 spiro atoms. The molecular weight excluding hydrogens is 123 g/mol. The zero-order valence-electron chi connectivity index (χ0n) is 5.26. The molecule has 0 aliphatic rings. The maximum Gasteiger partial charge on any atom is 0.244 e. The fraction of sp³-hybridized carbons (Fsp3) is 0.600. The Morgan fingerprint density at radius 1 is 1.88 bits per heavy atom. The highest BCUT2D eigenvalue weighted by atomic mass is 31.2. The lowest BCUT2D eigenvalue weighted by Crippen LogP contribution is -1.82. The van der Waals surface area contributed by atoms with E-state index in [1.54, 1.807) is 6.66 Å². The van der Waals surface area contributed by atoms with E-state index in [4.69, 9.17) is 4.52 Å². The molecule has 0 aliphatic carbocycles. The van der Waals surface area contributed by atoms with E-state index < -0.39 is 7.37 Å². The van der Waals surface area contributed by atoms with Crippen molar-refractivity contribution in [3.05, 3.63) is 12.8 Å². The van der Waals surface area contributed by atoms with E-state index in [2.05, 4.69) is 6.58 Å². The average Bonchev–Trinajstić information content (AvgIpc) is 1.67. The minimum Gasteiger partial charge on any atom is -0.451 e. The molecule has 0 aromatic rings. The molecule has 0 heterocycles. The summed E-state index contributed by atoms with van der Waals surface area (Å²) in [4.78, 5) is 0. The lowest BCUT2D eigenvalue weighted by atomic mass is 11.0. The van der Waals surface area contributed by atoms with Crippen molar-refractivity contribution >= 4 is 7.37 Å². The largest absolute Gasteiger partial charge is 0.451 e. The van der Waals surface area contributed by atoms with Gasteiger partial charge in [-0.1, -0.05) is 13.5 Å². The van der Waals surface area contributed by atoms with E-state index in [0.717, 1.165) is 0 Å². The Hall–Kier alpha value is -0.230. The smallest absolute Gasteiger partial charge is 0.244 e. The monoisotopic (exact) mass is 134 g/mol. The molecule has 0 N–H and O–H groups in total. The normalized spacial score (nSPS) is 16.8. The fourth-order valence-corrected chi connectivity index (χ4v) is 0.697. The van der Waals surface area contributed by atoms with Crippen molar-refractivity contribution in [3.8, 4) is 0 Å². The lowest BCUT2D eigenvalue weighted by Gasteiger charge is -2.06. The summed E-state index contributed by atoms with van der Waals surface area (Å²) in [6.45, 7) is 6.72. The summed E-state index contributed by atoms with van der Waals surface area (Å²) in [7, 11) is -2.29. The van der Waals surface area contributed by atoms with Gasteiger partial charge in [-0.25, -0.2) is 0 Å². The Labute approximate surface area is 50.0 Å². The average molecular weight is 134 g/mol. The summed E-state index contributed by atoms with van der Waals surface area (Å²) < 4.78 is 15.6. The first-order valence-electron chi connectivity index (χ1n) is 2.48.